The molecule has 0 unspecified atom stereocenters. The van der Waals surface area contributed by atoms with Gasteiger partial charge in [-0.3, -0.25) is 10.1 Å². The Balaban J connectivity index is 0.00000208. The Bertz CT molecular complexity index is 876. The van der Waals surface area contributed by atoms with Crippen molar-refractivity contribution in [3.05, 3.63) is 63.8 Å². The number of anilines is 2. The van der Waals surface area contributed by atoms with E-state index in [9.17, 15) is 10.1 Å². The number of hydrogen-bond acceptors (Lipinski definition) is 4. The van der Waals surface area contributed by atoms with Gasteiger partial charge in [-0.15, -0.1) is 29.4 Å². The van der Waals surface area contributed by atoms with Gasteiger partial charge in [0.1, 0.15) is 5.69 Å². The van der Waals surface area contributed by atoms with Crippen molar-refractivity contribution < 1.29 is 37.6 Å². The molecule has 0 amide bonds. The van der Waals surface area contributed by atoms with E-state index in [-0.39, 0.29) is 38.4 Å². The van der Waals surface area contributed by atoms with E-state index in [2.05, 4.69) is 22.6 Å². The first-order chi connectivity index (χ1) is 11.0. The fourth-order valence-corrected chi connectivity index (χ4v) is 2.60. The summed E-state index contributed by atoms with van der Waals surface area (Å²) in [5, 5.41) is 15.3. The molecule has 0 aliphatic heterocycles. The number of H-pyrrole nitrogens is 1. The second-order valence-electron chi connectivity index (χ2n) is 5.49. The predicted molar refractivity (Wildman–Crippen MR) is 91.6 cm³/mol. The first-order valence-electron chi connectivity index (χ1n) is 7.31. The van der Waals surface area contributed by atoms with Gasteiger partial charge in [0.15, 0.2) is 0 Å². The van der Waals surface area contributed by atoms with E-state index in [1.807, 2.05) is 19.1 Å². The number of hydrogen-bond donors (Lipinski definition) is 3. The second-order valence-corrected chi connectivity index (χ2v) is 5.49. The van der Waals surface area contributed by atoms with Crippen LogP contribution in [0.3, 0.4) is 0 Å². The van der Waals surface area contributed by atoms with Crippen LogP contribution in [0.5, 0.6) is 0 Å². The van der Waals surface area contributed by atoms with Gasteiger partial charge in [0.2, 0.25) is 0 Å². The molecule has 4 N–H and O–H groups in total. The van der Waals surface area contributed by atoms with Crippen LogP contribution in [0.15, 0.2) is 36.4 Å². The number of benzene rings is 2. The van der Waals surface area contributed by atoms with Gasteiger partial charge in [-0.25, -0.2) is 0 Å². The summed E-state index contributed by atoms with van der Waals surface area (Å²) < 4.78 is 0. The molecule has 0 saturated carbocycles. The summed E-state index contributed by atoms with van der Waals surface area (Å²) in [5.74, 6) is 0. The monoisotopic (exact) mass is 398 g/mol. The number of fused-ring (bicyclic) bond motifs is 1. The number of aryl methyl sites for hydroxylation is 1. The Kier molecular flexibility index (Phi) is 5.96. The van der Waals surface area contributed by atoms with E-state index in [1.54, 1.807) is 12.1 Å². The third kappa shape index (κ3) is 3.94. The quantitative estimate of drug-likeness (QED) is 0.266. The predicted octanol–water partition coefficient (Wildman–Crippen LogP) is 3.42. The van der Waals surface area contributed by atoms with Crippen LogP contribution in [-0.4, -0.2) is 16.5 Å². The summed E-state index contributed by atoms with van der Waals surface area (Å²) in [7, 11) is 0. The molecule has 121 valence electrons. The molecule has 7 heteroatoms. The van der Waals surface area contributed by atoms with Crippen LogP contribution in [0.25, 0.3) is 10.9 Å². The standard InChI is InChI=1S/C17H17N4O2.Y/c1-11-2-4-15-14(8-11)12(10-20-15)6-7-19-16-5-3-13(18)9-17(16)21(22)23;/h2-5,8-9,19-20H,6-7,18H2,1H3;/q-1;. The van der Waals surface area contributed by atoms with Crippen molar-refractivity contribution >= 4 is 28.0 Å². The van der Waals surface area contributed by atoms with Gasteiger partial charge in [0, 0.05) is 51.0 Å². The number of nitrogens with one attached hydrogen (secondary N) is 2. The fourth-order valence-electron chi connectivity index (χ4n) is 2.60. The van der Waals surface area contributed by atoms with Crippen molar-refractivity contribution in [1.82, 2.24) is 4.98 Å². The maximum absolute atomic E-state index is 11.1. The second kappa shape index (κ2) is 7.77. The molecule has 3 rings (SSSR count). The molecule has 0 aliphatic rings. The Morgan fingerprint density at radius 2 is 2.08 bits per heavy atom. The van der Waals surface area contributed by atoms with Crippen molar-refractivity contribution in [2.24, 2.45) is 0 Å². The number of aromatic amines is 1. The molecule has 0 fully saturated rings. The largest absolute Gasteiger partial charge is 0.477 e. The Hall–Kier alpha value is -1.92. The molecule has 1 heterocycles. The average Bonchev–Trinajstić information content (AvgIpc) is 2.91. The van der Waals surface area contributed by atoms with E-state index < -0.39 is 4.92 Å². The molecular weight excluding hydrogens is 381 g/mol. The molecule has 0 bridgehead atoms. The first-order valence-corrected chi connectivity index (χ1v) is 7.31. The molecule has 0 saturated heterocycles. The van der Waals surface area contributed by atoms with Crippen molar-refractivity contribution in [3.8, 4) is 0 Å². The first kappa shape index (κ1) is 18.4. The molecule has 6 nitrogen and oxygen atoms in total. The maximum atomic E-state index is 11.1. The van der Waals surface area contributed by atoms with Crippen LogP contribution in [0.4, 0.5) is 17.1 Å². The number of nitro benzene ring substituents is 1. The Labute approximate surface area is 164 Å². The van der Waals surface area contributed by atoms with E-state index in [0.717, 1.165) is 16.5 Å². The zero-order chi connectivity index (χ0) is 16.4. The van der Waals surface area contributed by atoms with Gasteiger partial charge >= 0.3 is 0 Å². The summed E-state index contributed by atoms with van der Waals surface area (Å²) in [6.07, 6.45) is 3.87. The summed E-state index contributed by atoms with van der Waals surface area (Å²) in [6, 6.07) is 10.8. The average molecular weight is 398 g/mol. The van der Waals surface area contributed by atoms with Crippen LogP contribution in [0, 0.1) is 23.2 Å². The molecule has 1 aromatic heterocycles. The van der Waals surface area contributed by atoms with Crippen molar-refractivity contribution in [2.75, 3.05) is 17.6 Å². The summed E-state index contributed by atoms with van der Waals surface area (Å²) in [4.78, 5) is 13.8. The van der Waals surface area contributed by atoms with Gasteiger partial charge < -0.3 is 16.0 Å². The van der Waals surface area contributed by atoms with Crippen LogP contribution < -0.4 is 11.1 Å². The fraction of sp³-hybridized carbons (Fsp3) is 0.176. The SMILES string of the molecule is Cc1ccc2[nH][c-]c(CCNc3ccc(N)cc3[N+](=O)[O-])c2c1.[Y]. The molecule has 3 aromatic rings. The minimum Gasteiger partial charge on any atom is -0.477 e. The third-order valence-electron chi connectivity index (χ3n) is 3.76. The molecule has 0 spiro atoms. The number of rotatable bonds is 5. The number of aromatic nitrogens is 1. The summed E-state index contributed by atoms with van der Waals surface area (Å²) in [6.45, 7) is 2.62. The number of nitrogens with two attached hydrogens (primary N) is 1. The van der Waals surface area contributed by atoms with Gasteiger partial charge in [0.05, 0.1) is 4.92 Å². The van der Waals surface area contributed by atoms with Gasteiger partial charge in [-0.2, -0.15) is 5.39 Å². The van der Waals surface area contributed by atoms with Crippen molar-refractivity contribution in [3.63, 3.8) is 0 Å². The molecule has 1 radical (unpaired) electrons. The summed E-state index contributed by atoms with van der Waals surface area (Å²) >= 11 is 0. The Morgan fingerprint density at radius 3 is 2.83 bits per heavy atom. The van der Waals surface area contributed by atoms with Crippen LogP contribution in [-0.2, 0) is 39.1 Å². The van der Waals surface area contributed by atoms with Crippen LogP contribution in [0.2, 0.25) is 0 Å². The molecule has 2 aromatic carbocycles. The van der Waals surface area contributed by atoms with Gasteiger partial charge in [-0.1, -0.05) is 11.6 Å². The van der Waals surface area contributed by atoms with E-state index in [1.165, 1.54) is 11.6 Å². The van der Waals surface area contributed by atoms with E-state index >= 15 is 0 Å². The number of nitrogens with zero attached hydrogens (tertiary/aromatic N) is 1. The van der Waals surface area contributed by atoms with Gasteiger partial charge in [-0.05, 0) is 25.5 Å². The van der Waals surface area contributed by atoms with E-state index in [0.29, 0.717) is 24.3 Å². The topological polar surface area (TPSA) is 97.0 Å². The van der Waals surface area contributed by atoms with Crippen LogP contribution >= 0.6 is 0 Å². The zero-order valence-electron chi connectivity index (χ0n) is 13.3. The zero-order valence-corrected chi connectivity index (χ0v) is 16.1. The van der Waals surface area contributed by atoms with Gasteiger partial charge in [0.25, 0.3) is 5.69 Å². The van der Waals surface area contributed by atoms with Crippen LogP contribution in [0.1, 0.15) is 11.1 Å². The number of nitro groups is 1. The van der Waals surface area contributed by atoms with Crippen molar-refractivity contribution in [1.29, 1.82) is 0 Å². The molecule has 0 aliphatic carbocycles. The smallest absolute Gasteiger partial charge is 0.294 e. The molecule has 0 atom stereocenters. The minimum absolute atomic E-state index is 0. The van der Waals surface area contributed by atoms with E-state index in [4.69, 9.17) is 5.73 Å². The maximum Gasteiger partial charge on any atom is 0.294 e. The van der Waals surface area contributed by atoms with Crippen molar-refractivity contribution in [2.45, 2.75) is 13.3 Å². The molecular formula is C17H17N4O2Y-. The Morgan fingerprint density at radius 1 is 1.29 bits per heavy atom. The molecule has 24 heavy (non-hydrogen) atoms. The summed E-state index contributed by atoms with van der Waals surface area (Å²) in [5.41, 5.74) is 9.74. The number of nitrogen functional groups attached to an aromatic ring is 1. The third-order valence-corrected chi connectivity index (χ3v) is 3.76. The minimum atomic E-state index is -0.431. The normalized spacial score (nSPS) is 10.4.